The highest BCUT2D eigenvalue weighted by molar-refractivity contribution is 5.96. The Kier molecular flexibility index (Phi) is 3.46. The lowest BCUT2D eigenvalue weighted by Crippen LogP contribution is -2.46. The number of nitrogens with zero attached hydrogens (tertiary/aromatic N) is 2. The van der Waals surface area contributed by atoms with Crippen molar-refractivity contribution >= 4 is 11.8 Å². The number of nitrogens with one attached hydrogen (secondary N) is 1. The minimum absolute atomic E-state index is 0.0794. The summed E-state index contributed by atoms with van der Waals surface area (Å²) in [4.78, 5) is 25.8. The van der Waals surface area contributed by atoms with Crippen LogP contribution < -0.4 is 5.32 Å². The van der Waals surface area contributed by atoms with E-state index in [2.05, 4.69) is 10.5 Å². The van der Waals surface area contributed by atoms with Gasteiger partial charge in [0.2, 0.25) is 5.91 Å². The molecule has 1 aliphatic heterocycles. The first kappa shape index (κ1) is 13.1. The van der Waals surface area contributed by atoms with Crippen LogP contribution in [0, 0.1) is 0 Å². The zero-order valence-electron chi connectivity index (χ0n) is 11.6. The van der Waals surface area contributed by atoms with E-state index >= 15 is 0 Å². The molecule has 3 rings (SSSR count). The van der Waals surface area contributed by atoms with Gasteiger partial charge in [-0.1, -0.05) is 5.16 Å². The number of carbonyl (C=O) groups excluding carboxylic acids is 2. The third-order valence-corrected chi connectivity index (χ3v) is 4.02. The molecule has 20 heavy (non-hydrogen) atoms. The third kappa shape index (κ3) is 2.55. The van der Waals surface area contributed by atoms with Gasteiger partial charge in [-0.2, -0.15) is 0 Å². The van der Waals surface area contributed by atoms with E-state index in [1.165, 1.54) is 4.90 Å². The van der Waals surface area contributed by atoms with Crippen molar-refractivity contribution in [2.24, 2.45) is 0 Å². The van der Waals surface area contributed by atoms with Crippen molar-refractivity contribution in [2.75, 3.05) is 13.6 Å². The lowest BCUT2D eigenvalue weighted by atomic mass is 10.1. The first-order valence-corrected chi connectivity index (χ1v) is 7.18. The van der Waals surface area contributed by atoms with Crippen LogP contribution in [-0.2, 0) is 4.79 Å². The molecule has 1 N–H and O–H groups in total. The van der Waals surface area contributed by atoms with E-state index in [0.29, 0.717) is 24.6 Å². The fourth-order valence-electron chi connectivity index (χ4n) is 2.57. The van der Waals surface area contributed by atoms with Gasteiger partial charge in [-0.3, -0.25) is 9.59 Å². The lowest BCUT2D eigenvalue weighted by molar-refractivity contribution is -0.125. The van der Waals surface area contributed by atoms with Gasteiger partial charge < -0.3 is 14.7 Å². The van der Waals surface area contributed by atoms with Crippen molar-refractivity contribution in [2.45, 2.75) is 44.1 Å². The van der Waals surface area contributed by atoms with Gasteiger partial charge in [0.05, 0.1) is 0 Å². The second kappa shape index (κ2) is 5.26. The molecule has 1 aromatic rings. The minimum atomic E-state index is -0.411. The topological polar surface area (TPSA) is 75.4 Å². The van der Waals surface area contributed by atoms with Crippen LogP contribution in [0.3, 0.4) is 0 Å². The summed E-state index contributed by atoms with van der Waals surface area (Å²) in [6.07, 6.45) is 4.79. The van der Waals surface area contributed by atoms with Gasteiger partial charge >= 0.3 is 0 Å². The van der Waals surface area contributed by atoms with Crippen LogP contribution in [0.5, 0.6) is 0 Å². The molecule has 1 atom stereocenters. The summed E-state index contributed by atoms with van der Waals surface area (Å²) in [5.74, 6) is 0.884. The van der Waals surface area contributed by atoms with Crippen LogP contribution in [-0.4, -0.2) is 41.5 Å². The molecular weight excluding hydrogens is 258 g/mol. The zero-order chi connectivity index (χ0) is 14.1. The van der Waals surface area contributed by atoms with Crippen LogP contribution >= 0.6 is 0 Å². The summed E-state index contributed by atoms with van der Waals surface area (Å²) in [6.45, 7) is 0.688. The fourth-order valence-corrected chi connectivity index (χ4v) is 2.57. The molecule has 0 aromatic carbocycles. The maximum atomic E-state index is 12.4. The number of hydrogen-bond acceptors (Lipinski definition) is 4. The zero-order valence-corrected chi connectivity index (χ0v) is 11.6. The van der Waals surface area contributed by atoms with Crippen LogP contribution in [0.15, 0.2) is 10.6 Å². The summed E-state index contributed by atoms with van der Waals surface area (Å²) in [7, 11) is 1.66. The van der Waals surface area contributed by atoms with Crippen LogP contribution in [0.1, 0.15) is 54.3 Å². The van der Waals surface area contributed by atoms with Gasteiger partial charge in [0, 0.05) is 25.6 Å². The summed E-state index contributed by atoms with van der Waals surface area (Å²) in [5, 5.41) is 6.68. The van der Waals surface area contributed by atoms with Gasteiger partial charge in [-0.25, -0.2) is 0 Å². The third-order valence-electron chi connectivity index (χ3n) is 4.02. The SMILES string of the molecule is CN(C(=O)c1cc(C2CC2)on1)[C@@H]1CCCCNC1=O. The lowest BCUT2D eigenvalue weighted by Gasteiger charge is -2.24. The molecule has 0 bridgehead atoms. The van der Waals surface area contributed by atoms with Crippen molar-refractivity contribution in [3.8, 4) is 0 Å². The summed E-state index contributed by atoms with van der Waals surface area (Å²) in [5.41, 5.74) is 0.298. The smallest absolute Gasteiger partial charge is 0.276 e. The molecule has 2 aliphatic rings. The Balaban J connectivity index is 1.72. The molecule has 0 radical (unpaired) electrons. The Hall–Kier alpha value is -1.85. The minimum Gasteiger partial charge on any atom is -0.360 e. The summed E-state index contributed by atoms with van der Waals surface area (Å²) >= 11 is 0. The average Bonchev–Trinajstić information content (AvgIpc) is 3.22. The summed E-state index contributed by atoms with van der Waals surface area (Å²) < 4.78 is 5.20. The number of carbonyl (C=O) groups is 2. The molecule has 0 spiro atoms. The molecular formula is C14H19N3O3. The highest BCUT2D eigenvalue weighted by Gasteiger charge is 2.32. The van der Waals surface area contributed by atoms with Crippen LogP contribution in [0.4, 0.5) is 0 Å². The highest BCUT2D eigenvalue weighted by atomic mass is 16.5. The maximum Gasteiger partial charge on any atom is 0.276 e. The molecule has 0 unspecified atom stereocenters. The Morgan fingerprint density at radius 3 is 2.95 bits per heavy atom. The second-order valence-electron chi connectivity index (χ2n) is 5.61. The van der Waals surface area contributed by atoms with Crippen molar-refractivity contribution in [3.63, 3.8) is 0 Å². The standard InChI is InChI=1S/C14H19N3O3/c1-17(11-4-2-3-7-15-13(11)18)14(19)10-8-12(20-16-10)9-5-6-9/h8-9,11H,2-7H2,1H3,(H,15,18)/t11-/m1/s1. The Morgan fingerprint density at radius 2 is 2.20 bits per heavy atom. The first-order chi connectivity index (χ1) is 9.66. The maximum absolute atomic E-state index is 12.4. The second-order valence-corrected chi connectivity index (χ2v) is 5.61. The highest BCUT2D eigenvalue weighted by Crippen LogP contribution is 2.40. The number of likely N-dealkylation sites (N-methyl/N-ethyl adjacent to an activating group) is 1. The Morgan fingerprint density at radius 1 is 1.40 bits per heavy atom. The van der Waals surface area contributed by atoms with Gasteiger partial charge in [0.15, 0.2) is 5.69 Å². The molecule has 2 fully saturated rings. The quantitative estimate of drug-likeness (QED) is 0.903. The van der Waals surface area contributed by atoms with Gasteiger partial charge in [0.1, 0.15) is 11.8 Å². The van der Waals surface area contributed by atoms with E-state index in [4.69, 9.17) is 4.52 Å². The number of aromatic nitrogens is 1. The van der Waals surface area contributed by atoms with Crippen molar-refractivity contribution in [3.05, 3.63) is 17.5 Å². The Labute approximate surface area is 117 Å². The molecule has 1 aromatic heterocycles. The van der Waals surface area contributed by atoms with Crippen molar-refractivity contribution in [1.82, 2.24) is 15.4 Å². The number of amides is 2. The predicted molar refractivity (Wildman–Crippen MR) is 71.2 cm³/mol. The molecule has 1 saturated carbocycles. The van der Waals surface area contributed by atoms with E-state index < -0.39 is 6.04 Å². The molecule has 2 heterocycles. The molecule has 6 heteroatoms. The van der Waals surface area contributed by atoms with E-state index in [1.807, 2.05) is 0 Å². The fraction of sp³-hybridized carbons (Fsp3) is 0.643. The number of hydrogen-bond donors (Lipinski definition) is 1. The molecule has 2 amide bonds. The largest absolute Gasteiger partial charge is 0.360 e. The predicted octanol–water partition coefficient (Wildman–Crippen LogP) is 1.29. The Bertz CT molecular complexity index is 521. The normalized spacial score (nSPS) is 23.1. The van der Waals surface area contributed by atoms with E-state index in [1.54, 1.807) is 13.1 Å². The monoisotopic (exact) mass is 277 g/mol. The summed E-state index contributed by atoms with van der Waals surface area (Å²) in [6, 6.07) is 1.30. The van der Waals surface area contributed by atoms with Gasteiger partial charge in [-0.05, 0) is 32.1 Å². The van der Waals surface area contributed by atoms with Crippen molar-refractivity contribution < 1.29 is 14.1 Å². The van der Waals surface area contributed by atoms with Crippen molar-refractivity contribution in [1.29, 1.82) is 0 Å². The molecule has 1 saturated heterocycles. The van der Waals surface area contributed by atoms with Gasteiger partial charge in [0.25, 0.3) is 5.91 Å². The first-order valence-electron chi connectivity index (χ1n) is 7.18. The van der Waals surface area contributed by atoms with E-state index in [0.717, 1.165) is 31.4 Å². The van der Waals surface area contributed by atoms with E-state index in [9.17, 15) is 9.59 Å². The van der Waals surface area contributed by atoms with Crippen LogP contribution in [0.25, 0.3) is 0 Å². The molecule has 6 nitrogen and oxygen atoms in total. The molecule has 108 valence electrons. The van der Waals surface area contributed by atoms with Gasteiger partial charge in [-0.15, -0.1) is 0 Å². The number of rotatable bonds is 3. The average molecular weight is 277 g/mol. The van der Waals surface area contributed by atoms with E-state index in [-0.39, 0.29) is 11.8 Å². The van der Waals surface area contributed by atoms with Crippen LogP contribution in [0.2, 0.25) is 0 Å². The molecule has 1 aliphatic carbocycles.